The van der Waals surface area contributed by atoms with Gasteiger partial charge in [0.25, 0.3) is 0 Å². The molecule has 1 atom stereocenters. The lowest BCUT2D eigenvalue weighted by molar-refractivity contribution is -0.119. The number of rotatable bonds is 3. The van der Waals surface area contributed by atoms with Crippen molar-refractivity contribution in [1.29, 1.82) is 0 Å². The van der Waals surface area contributed by atoms with Gasteiger partial charge in [-0.1, -0.05) is 36.4 Å². The van der Waals surface area contributed by atoms with E-state index in [1.54, 1.807) is 23.1 Å². The number of aromatic carboxylic acids is 1. The number of carboxylic acid groups (broad SMARTS) is 1. The number of amides is 1. The summed E-state index contributed by atoms with van der Waals surface area (Å²) >= 11 is 0. The fourth-order valence-corrected chi connectivity index (χ4v) is 2.69. The minimum atomic E-state index is -0.982. The Morgan fingerprint density at radius 2 is 1.90 bits per heavy atom. The van der Waals surface area contributed by atoms with Crippen LogP contribution >= 0.6 is 0 Å². The first-order valence-electron chi connectivity index (χ1n) is 6.80. The van der Waals surface area contributed by atoms with Crippen molar-refractivity contribution in [2.24, 2.45) is 0 Å². The second-order valence-electron chi connectivity index (χ2n) is 5.21. The highest BCUT2D eigenvalue weighted by molar-refractivity contribution is 6.05. The maximum atomic E-state index is 12.4. The van der Waals surface area contributed by atoms with E-state index in [9.17, 15) is 9.59 Å². The van der Waals surface area contributed by atoms with Crippen molar-refractivity contribution in [2.45, 2.75) is 19.4 Å². The molecular formula is C17H15NO3. The quantitative estimate of drug-likeness (QED) is 0.940. The molecule has 4 nitrogen and oxygen atoms in total. The summed E-state index contributed by atoms with van der Waals surface area (Å²) in [6.07, 6.45) is 0. The van der Waals surface area contributed by atoms with E-state index < -0.39 is 5.97 Å². The predicted molar refractivity (Wildman–Crippen MR) is 79.4 cm³/mol. The van der Waals surface area contributed by atoms with Gasteiger partial charge in [-0.3, -0.25) is 4.79 Å². The molecule has 1 amide bonds. The molecule has 0 spiro atoms. The molecule has 106 valence electrons. The number of anilines is 1. The van der Waals surface area contributed by atoms with Crippen LogP contribution in [0.25, 0.3) is 0 Å². The Balaban J connectivity index is 2.01. The highest BCUT2D eigenvalue weighted by atomic mass is 16.4. The van der Waals surface area contributed by atoms with Gasteiger partial charge >= 0.3 is 5.97 Å². The molecule has 0 aliphatic carbocycles. The number of carboxylic acids is 1. The van der Waals surface area contributed by atoms with Crippen molar-refractivity contribution in [3.05, 3.63) is 65.2 Å². The number of fused-ring (bicyclic) bond motifs is 1. The molecule has 2 aromatic rings. The number of carbonyl (C=O) groups excluding carboxylic acids is 1. The van der Waals surface area contributed by atoms with Crippen LogP contribution in [-0.2, 0) is 11.3 Å². The average molecular weight is 281 g/mol. The Kier molecular flexibility index (Phi) is 3.22. The van der Waals surface area contributed by atoms with Crippen LogP contribution in [0.4, 0.5) is 5.69 Å². The van der Waals surface area contributed by atoms with E-state index in [4.69, 9.17) is 5.11 Å². The summed E-state index contributed by atoms with van der Waals surface area (Å²) in [4.78, 5) is 25.2. The Morgan fingerprint density at radius 1 is 1.19 bits per heavy atom. The van der Waals surface area contributed by atoms with Gasteiger partial charge in [0.05, 0.1) is 18.0 Å². The van der Waals surface area contributed by atoms with Gasteiger partial charge in [-0.25, -0.2) is 4.79 Å². The number of hydrogen-bond donors (Lipinski definition) is 1. The van der Waals surface area contributed by atoms with Crippen LogP contribution in [0.2, 0.25) is 0 Å². The smallest absolute Gasteiger partial charge is 0.335 e. The molecule has 0 fully saturated rings. The molecule has 0 saturated carbocycles. The fourth-order valence-electron chi connectivity index (χ4n) is 2.69. The van der Waals surface area contributed by atoms with Crippen LogP contribution in [0.5, 0.6) is 0 Å². The van der Waals surface area contributed by atoms with Gasteiger partial charge in [0.2, 0.25) is 5.91 Å². The monoisotopic (exact) mass is 281 g/mol. The summed E-state index contributed by atoms with van der Waals surface area (Å²) in [6.45, 7) is 2.31. The number of nitrogens with zero attached hydrogens (tertiary/aromatic N) is 1. The Bertz CT molecular complexity index is 709. The minimum Gasteiger partial charge on any atom is -0.478 e. The number of benzene rings is 2. The topological polar surface area (TPSA) is 57.6 Å². The van der Waals surface area contributed by atoms with Crippen molar-refractivity contribution in [3.63, 3.8) is 0 Å². The van der Waals surface area contributed by atoms with Crippen molar-refractivity contribution in [2.75, 3.05) is 4.90 Å². The third-order valence-corrected chi connectivity index (χ3v) is 3.85. The van der Waals surface area contributed by atoms with Gasteiger partial charge in [0.15, 0.2) is 0 Å². The molecule has 0 radical (unpaired) electrons. The van der Waals surface area contributed by atoms with E-state index in [0.717, 1.165) is 11.1 Å². The third kappa shape index (κ3) is 2.29. The maximum Gasteiger partial charge on any atom is 0.335 e. The lowest BCUT2D eigenvalue weighted by atomic mass is 10.0. The van der Waals surface area contributed by atoms with E-state index in [0.29, 0.717) is 12.2 Å². The molecule has 0 bridgehead atoms. The fraction of sp³-hybridized carbons (Fsp3) is 0.176. The zero-order valence-corrected chi connectivity index (χ0v) is 11.6. The summed E-state index contributed by atoms with van der Waals surface area (Å²) in [7, 11) is 0. The molecule has 1 heterocycles. The molecule has 2 aromatic carbocycles. The van der Waals surface area contributed by atoms with Crippen molar-refractivity contribution < 1.29 is 14.7 Å². The van der Waals surface area contributed by atoms with Gasteiger partial charge in [0, 0.05) is 5.69 Å². The zero-order chi connectivity index (χ0) is 15.0. The molecule has 0 aromatic heterocycles. The molecule has 1 aliphatic rings. The molecular weight excluding hydrogens is 266 g/mol. The van der Waals surface area contributed by atoms with Gasteiger partial charge in [0.1, 0.15) is 0 Å². The van der Waals surface area contributed by atoms with E-state index in [-0.39, 0.29) is 17.4 Å². The summed E-state index contributed by atoms with van der Waals surface area (Å²) in [5, 5.41) is 9.12. The summed E-state index contributed by atoms with van der Waals surface area (Å²) in [5.41, 5.74) is 2.82. The summed E-state index contributed by atoms with van der Waals surface area (Å²) < 4.78 is 0. The second kappa shape index (κ2) is 5.05. The Labute approximate surface area is 122 Å². The SMILES string of the molecule is CC1C(=O)N(Cc2ccccc2)c2cc(C(=O)O)ccc21. The first-order chi connectivity index (χ1) is 10.1. The van der Waals surface area contributed by atoms with Crippen LogP contribution in [0.3, 0.4) is 0 Å². The van der Waals surface area contributed by atoms with Gasteiger partial charge in [-0.05, 0) is 30.2 Å². The number of carbonyl (C=O) groups is 2. The first-order valence-corrected chi connectivity index (χ1v) is 6.80. The van der Waals surface area contributed by atoms with Gasteiger partial charge in [-0.15, -0.1) is 0 Å². The van der Waals surface area contributed by atoms with E-state index >= 15 is 0 Å². The Hall–Kier alpha value is -2.62. The minimum absolute atomic E-state index is 0.0105. The zero-order valence-electron chi connectivity index (χ0n) is 11.6. The van der Waals surface area contributed by atoms with Crippen molar-refractivity contribution in [1.82, 2.24) is 0 Å². The molecule has 1 aliphatic heterocycles. The second-order valence-corrected chi connectivity index (χ2v) is 5.21. The molecule has 1 unspecified atom stereocenters. The van der Waals surface area contributed by atoms with E-state index in [1.807, 2.05) is 37.3 Å². The highest BCUT2D eigenvalue weighted by Crippen LogP contribution is 2.38. The summed E-state index contributed by atoms with van der Waals surface area (Å²) in [5.74, 6) is -1.20. The van der Waals surface area contributed by atoms with Crippen LogP contribution < -0.4 is 4.90 Å². The largest absolute Gasteiger partial charge is 0.478 e. The predicted octanol–water partition coefficient (Wildman–Crippen LogP) is 3.04. The van der Waals surface area contributed by atoms with Gasteiger partial charge < -0.3 is 10.0 Å². The van der Waals surface area contributed by atoms with Crippen LogP contribution in [-0.4, -0.2) is 17.0 Å². The molecule has 3 rings (SSSR count). The van der Waals surface area contributed by atoms with Crippen molar-refractivity contribution in [3.8, 4) is 0 Å². The van der Waals surface area contributed by atoms with Crippen LogP contribution in [0.1, 0.15) is 34.3 Å². The third-order valence-electron chi connectivity index (χ3n) is 3.85. The molecule has 0 saturated heterocycles. The van der Waals surface area contributed by atoms with E-state index in [2.05, 4.69) is 0 Å². The number of hydrogen-bond acceptors (Lipinski definition) is 2. The molecule has 21 heavy (non-hydrogen) atoms. The first kappa shape index (κ1) is 13.4. The van der Waals surface area contributed by atoms with E-state index in [1.165, 1.54) is 0 Å². The van der Waals surface area contributed by atoms with Crippen LogP contribution in [0, 0.1) is 0 Å². The maximum absolute atomic E-state index is 12.4. The lowest BCUT2D eigenvalue weighted by Gasteiger charge is -2.18. The lowest BCUT2D eigenvalue weighted by Crippen LogP contribution is -2.27. The normalized spacial score (nSPS) is 16.9. The highest BCUT2D eigenvalue weighted by Gasteiger charge is 2.34. The van der Waals surface area contributed by atoms with Crippen LogP contribution in [0.15, 0.2) is 48.5 Å². The standard InChI is InChI=1S/C17H15NO3/c1-11-14-8-7-13(17(20)21)9-15(14)18(16(11)19)10-12-5-3-2-4-6-12/h2-9,11H,10H2,1H3,(H,20,21). The summed E-state index contributed by atoms with van der Waals surface area (Å²) in [6, 6.07) is 14.6. The van der Waals surface area contributed by atoms with Crippen molar-refractivity contribution >= 4 is 17.6 Å². The van der Waals surface area contributed by atoms with Gasteiger partial charge in [-0.2, -0.15) is 0 Å². The molecule has 4 heteroatoms. The average Bonchev–Trinajstić information content (AvgIpc) is 2.73. The molecule has 1 N–H and O–H groups in total. The Morgan fingerprint density at radius 3 is 2.57 bits per heavy atom.